The molecule has 0 bridgehead atoms. The molecule has 0 aliphatic rings. The van der Waals surface area contributed by atoms with Gasteiger partial charge in [-0.05, 0) is 41.5 Å². The zero-order valence-electron chi connectivity index (χ0n) is 13.0. The molecule has 0 heterocycles. The third-order valence-corrected chi connectivity index (χ3v) is 3.53. The predicted molar refractivity (Wildman–Crippen MR) is 91.6 cm³/mol. The Bertz CT molecular complexity index is 824. The Hall–Kier alpha value is -2.81. The number of benzene rings is 3. The number of ether oxygens (including phenoxy) is 2. The molecule has 0 N–H and O–H groups in total. The summed E-state index contributed by atoms with van der Waals surface area (Å²) in [4.78, 5) is 11.1. The van der Waals surface area contributed by atoms with Crippen LogP contribution in [0.5, 0.6) is 17.2 Å². The molecule has 0 radical (unpaired) electrons. The molecule has 3 nitrogen and oxygen atoms in total. The molecule has 0 aliphatic carbocycles. The summed E-state index contributed by atoms with van der Waals surface area (Å²) < 4.78 is 11.5. The number of carbonyl (C=O) groups excluding carboxylic acids is 1. The molecule has 0 spiro atoms. The van der Waals surface area contributed by atoms with Crippen molar-refractivity contribution in [1.82, 2.24) is 0 Å². The van der Waals surface area contributed by atoms with Gasteiger partial charge in [-0.15, -0.1) is 0 Å². The van der Waals surface area contributed by atoms with Crippen LogP contribution in [0.15, 0.2) is 60.7 Å². The highest BCUT2D eigenvalue weighted by molar-refractivity contribution is 5.84. The Balaban J connectivity index is 1.87. The summed E-state index contributed by atoms with van der Waals surface area (Å²) in [7, 11) is 0. The van der Waals surface area contributed by atoms with Gasteiger partial charge >= 0.3 is 0 Å². The van der Waals surface area contributed by atoms with E-state index in [1.807, 2.05) is 43.3 Å². The molecule has 3 rings (SSSR count). The van der Waals surface area contributed by atoms with Crippen LogP contribution in [0, 0.1) is 0 Å². The van der Waals surface area contributed by atoms with Crippen LogP contribution in [-0.2, 0) is 0 Å². The highest BCUT2D eigenvalue weighted by Gasteiger charge is 2.06. The van der Waals surface area contributed by atoms with E-state index >= 15 is 0 Å². The monoisotopic (exact) mass is 306 g/mol. The highest BCUT2D eigenvalue weighted by atomic mass is 16.5. The summed E-state index contributed by atoms with van der Waals surface area (Å²) in [6.45, 7) is 2.59. The van der Waals surface area contributed by atoms with Crippen molar-refractivity contribution in [2.45, 2.75) is 13.3 Å². The van der Waals surface area contributed by atoms with Crippen molar-refractivity contribution in [3.8, 4) is 17.2 Å². The van der Waals surface area contributed by atoms with Gasteiger partial charge < -0.3 is 9.47 Å². The second kappa shape index (κ2) is 6.97. The zero-order valence-corrected chi connectivity index (χ0v) is 13.0. The van der Waals surface area contributed by atoms with Gasteiger partial charge in [-0.1, -0.05) is 37.3 Å². The van der Waals surface area contributed by atoms with E-state index in [1.165, 1.54) is 5.39 Å². The molecule has 3 aromatic rings. The fraction of sp³-hybridized carbons (Fsp3) is 0.150. The minimum absolute atomic E-state index is 0.532. The van der Waals surface area contributed by atoms with E-state index in [4.69, 9.17) is 9.47 Å². The fourth-order valence-electron chi connectivity index (χ4n) is 2.38. The molecule has 3 heteroatoms. The smallest absolute Gasteiger partial charge is 0.153 e. The van der Waals surface area contributed by atoms with Crippen molar-refractivity contribution >= 4 is 17.1 Å². The van der Waals surface area contributed by atoms with Gasteiger partial charge in [0, 0.05) is 6.07 Å². The molecule has 0 aromatic heterocycles. The largest absolute Gasteiger partial charge is 0.493 e. The summed E-state index contributed by atoms with van der Waals surface area (Å²) in [6.07, 6.45) is 1.68. The van der Waals surface area contributed by atoms with Gasteiger partial charge in [0.25, 0.3) is 0 Å². The van der Waals surface area contributed by atoms with Crippen molar-refractivity contribution in [3.05, 3.63) is 66.2 Å². The number of rotatable bonds is 6. The molecule has 0 saturated carbocycles. The van der Waals surface area contributed by atoms with Gasteiger partial charge in [0.1, 0.15) is 17.2 Å². The lowest BCUT2D eigenvalue weighted by atomic mass is 10.1. The molecule has 116 valence electrons. The summed E-state index contributed by atoms with van der Waals surface area (Å²) in [6, 6.07) is 19.3. The maximum atomic E-state index is 11.1. The molecule has 3 aromatic carbocycles. The van der Waals surface area contributed by atoms with E-state index in [9.17, 15) is 4.79 Å². The lowest BCUT2D eigenvalue weighted by Gasteiger charge is -2.11. The molecule has 0 amide bonds. The maximum absolute atomic E-state index is 11.1. The van der Waals surface area contributed by atoms with Crippen LogP contribution in [0.3, 0.4) is 0 Å². The van der Waals surface area contributed by atoms with E-state index in [0.29, 0.717) is 23.7 Å². The van der Waals surface area contributed by atoms with Gasteiger partial charge in [0.15, 0.2) is 6.29 Å². The van der Waals surface area contributed by atoms with Gasteiger partial charge in [-0.2, -0.15) is 0 Å². The predicted octanol–water partition coefficient (Wildman–Crippen LogP) is 5.23. The average molecular weight is 306 g/mol. The van der Waals surface area contributed by atoms with E-state index in [1.54, 1.807) is 18.2 Å². The summed E-state index contributed by atoms with van der Waals surface area (Å²) in [5.41, 5.74) is 0.532. The van der Waals surface area contributed by atoms with E-state index in [0.717, 1.165) is 23.8 Å². The number of hydrogen-bond acceptors (Lipinski definition) is 3. The Morgan fingerprint density at radius 3 is 2.43 bits per heavy atom. The first-order valence-electron chi connectivity index (χ1n) is 7.69. The lowest BCUT2D eigenvalue weighted by molar-refractivity contribution is 0.111. The quantitative estimate of drug-likeness (QED) is 0.585. The van der Waals surface area contributed by atoms with Gasteiger partial charge in [-0.3, -0.25) is 4.79 Å². The Kier molecular flexibility index (Phi) is 4.57. The van der Waals surface area contributed by atoms with Crippen LogP contribution in [0.25, 0.3) is 10.8 Å². The minimum atomic E-state index is 0.532. The van der Waals surface area contributed by atoms with Crippen molar-refractivity contribution < 1.29 is 14.3 Å². The van der Waals surface area contributed by atoms with Crippen LogP contribution < -0.4 is 9.47 Å². The van der Waals surface area contributed by atoms with Crippen LogP contribution in [0.1, 0.15) is 23.7 Å². The standard InChI is InChI=1S/C20H18O3/c1-2-11-22-20-13-19(10-8-17(20)14-21)23-18-9-7-15-5-3-4-6-16(15)12-18/h3-10,12-14H,2,11H2,1H3. The maximum Gasteiger partial charge on any atom is 0.153 e. The Morgan fingerprint density at radius 1 is 0.913 bits per heavy atom. The summed E-state index contributed by atoms with van der Waals surface area (Å²) >= 11 is 0. The Morgan fingerprint density at radius 2 is 1.65 bits per heavy atom. The fourth-order valence-corrected chi connectivity index (χ4v) is 2.38. The number of aldehydes is 1. The first-order valence-corrected chi connectivity index (χ1v) is 7.69. The van der Waals surface area contributed by atoms with Crippen molar-refractivity contribution in [3.63, 3.8) is 0 Å². The lowest BCUT2D eigenvalue weighted by Crippen LogP contribution is -1.99. The normalized spacial score (nSPS) is 10.5. The number of fused-ring (bicyclic) bond motifs is 1. The van der Waals surface area contributed by atoms with Crippen molar-refractivity contribution in [1.29, 1.82) is 0 Å². The average Bonchev–Trinajstić information content (AvgIpc) is 2.60. The molecular formula is C20H18O3. The second-order valence-corrected chi connectivity index (χ2v) is 5.28. The minimum Gasteiger partial charge on any atom is -0.493 e. The Labute approximate surface area is 135 Å². The molecule has 0 atom stereocenters. The molecule has 0 saturated heterocycles. The summed E-state index contributed by atoms with van der Waals surface area (Å²) in [5.74, 6) is 1.96. The topological polar surface area (TPSA) is 35.5 Å². The van der Waals surface area contributed by atoms with Crippen LogP contribution >= 0.6 is 0 Å². The van der Waals surface area contributed by atoms with Crippen LogP contribution in [0.4, 0.5) is 0 Å². The zero-order chi connectivity index (χ0) is 16.1. The molecular weight excluding hydrogens is 288 g/mol. The first-order chi connectivity index (χ1) is 11.3. The first kappa shape index (κ1) is 15.1. The van der Waals surface area contributed by atoms with Crippen LogP contribution in [-0.4, -0.2) is 12.9 Å². The molecule has 0 aliphatic heterocycles. The van der Waals surface area contributed by atoms with E-state index in [2.05, 4.69) is 6.07 Å². The summed E-state index contributed by atoms with van der Waals surface area (Å²) in [5, 5.41) is 2.29. The second-order valence-electron chi connectivity index (χ2n) is 5.28. The van der Waals surface area contributed by atoms with E-state index in [-0.39, 0.29) is 0 Å². The third-order valence-electron chi connectivity index (χ3n) is 3.53. The van der Waals surface area contributed by atoms with E-state index < -0.39 is 0 Å². The highest BCUT2D eigenvalue weighted by Crippen LogP contribution is 2.29. The number of carbonyl (C=O) groups is 1. The third kappa shape index (κ3) is 3.51. The van der Waals surface area contributed by atoms with Gasteiger partial charge in [0.2, 0.25) is 0 Å². The SMILES string of the molecule is CCCOc1cc(Oc2ccc3ccccc3c2)ccc1C=O. The number of hydrogen-bond donors (Lipinski definition) is 0. The van der Waals surface area contributed by atoms with Crippen LogP contribution in [0.2, 0.25) is 0 Å². The molecule has 0 fully saturated rings. The van der Waals surface area contributed by atoms with Crippen molar-refractivity contribution in [2.24, 2.45) is 0 Å². The molecule has 0 unspecified atom stereocenters. The molecule has 23 heavy (non-hydrogen) atoms. The van der Waals surface area contributed by atoms with Gasteiger partial charge in [0.05, 0.1) is 12.2 Å². The van der Waals surface area contributed by atoms with Crippen molar-refractivity contribution in [2.75, 3.05) is 6.61 Å². The van der Waals surface area contributed by atoms with Gasteiger partial charge in [-0.25, -0.2) is 0 Å².